The number of hydrogen-bond acceptors (Lipinski definition) is 1. The van der Waals surface area contributed by atoms with Crippen molar-refractivity contribution >= 4 is 21.8 Å². The zero-order chi connectivity index (χ0) is 12.3. The zero-order valence-corrected chi connectivity index (χ0v) is 11.1. The van der Waals surface area contributed by atoms with Crippen LogP contribution in [-0.2, 0) is 11.2 Å². The van der Waals surface area contributed by atoms with E-state index >= 15 is 0 Å². The fraction of sp³-hybridized carbons (Fsp3) is 0.462. The smallest absolute Gasteiger partial charge is 0.227 e. The molecule has 1 saturated heterocycles. The largest absolute Gasteiger partial charge is 0.342 e. The molecule has 0 saturated carbocycles. The lowest BCUT2D eigenvalue weighted by Gasteiger charge is -2.16. The lowest BCUT2D eigenvalue weighted by Crippen LogP contribution is -2.30. The van der Waals surface area contributed by atoms with Gasteiger partial charge in [-0.05, 0) is 24.0 Å². The monoisotopic (exact) mass is 299 g/mol. The Morgan fingerprint density at radius 1 is 1.47 bits per heavy atom. The summed E-state index contributed by atoms with van der Waals surface area (Å²) >= 11 is 3.43. The molecule has 0 spiro atoms. The number of amides is 1. The predicted molar refractivity (Wildman–Crippen MR) is 68.6 cm³/mol. The van der Waals surface area contributed by atoms with Crippen LogP contribution in [0.3, 0.4) is 0 Å². The van der Waals surface area contributed by atoms with E-state index < -0.39 is 0 Å². The van der Waals surface area contributed by atoms with Gasteiger partial charge in [-0.2, -0.15) is 0 Å². The Hall–Kier alpha value is -0.900. The number of nitrogens with zero attached hydrogens (tertiary/aromatic N) is 1. The molecule has 1 atom stereocenters. The maximum absolute atomic E-state index is 13.4. The molecule has 0 N–H and O–H groups in total. The van der Waals surface area contributed by atoms with Gasteiger partial charge < -0.3 is 4.90 Å². The van der Waals surface area contributed by atoms with E-state index in [0.29, 0.717) is 11.5 Å². The second-order valence-electron chi connectivity index (χ2n) is 4.42. The van der Waals surface area contributed by atoms with E-state index in [1.807, 2.05) is 4.90 Å². The van der Waals surface area contributed by atoms with Crippen LogP contribution >= 0.6 is 15.9 Å². The third kappa shape index (κ3) is 3.06. The van der Waals surface area contributed by atoms with Crippen molar-refractivity contribution in [2.75, 3.05) is 18.4 Å². The minimum atomic E-state index is -0.294. The van der Waals surface area contributed by atoms with Gasteiger partial charge in [0.2, 0.25) is 5.91 Å². The van der Waals surface area contributed by atoms with Crippen molar-refractivity contribution in [2.24, 2.45) is 5.92 Å². The lowest BCUT2D eigenvalue weighted by atomic mass is 10.1. The van der Waals surface area contributed by atoms with Crippen LogP contribution in [0.4, 0.5) is 4.39 Å². The van der Waals surface area contributed by atoms with Gasteiger partial charge in [0.05, 0.1) is 6.42 Å². The number of carbonyl (C=O) groups is 1. The van der Waals surface area contributed by atoms with Crippen molar-refractivity contribution in [2.45, 2.75) is 12.8 Å². The standard InChI is InChI=1S/C13H15BrFNO/c14-8-10-5-6-16(9-10)13(17)7-11-3-1-2-4-12(11)15/h1-4,10H,5-9H2. The van der Waals surface area contributed by atoms with Crippen molar-refractivity contribution in [1.29, 1.82) is 0 Å². The van der Waals surface area contributed by atoms with E-state index in [1.54, 1.807) is 18.2 Å². The normalized spacial score (nSPS) is 19.6. The molecule has 1 amide bonds. The molecule has 4 heteroatoms. The van der Waals surface area contributed by atoms with Crippen LogP contribution in [0.2, 0.25) is 0 Å². The SMILES string of the molecule is O=C(Cc1ccccc1F)N1CCC(CBr)C1. The molecule has 2 nitrogen and oxygen atoms in total. The van der Waals surface area contributed by atoms with E-state index in [4.69, 9.17) is 0 Å². The summed E-state index contributed by atoms with van der Waals surface area (Å²) in [6.45, 7) is 1.59. The first-order chi connectivity index (χ1) is 8.20. The highest BCUT2D eigenvalue weighted by Crippen LogP contribution is 2.19. The Bertz CT molecular complexity index is 410. The number of carbonyl (C=O) groups excluding carboxylic acids is 1. The van der Waals surface area contributed by atoms with E-state index in [2.05, 4.69) is 15.9 Å². The van der Waals surface area contributed by atoms with Crippen LogP contribution in [0.1, 0.15) is 12.0 Å². The van der Waals surface area contributed by atoms with Gasteiger partial charge in [0.15, 0.2) is 0 Å². The fourth-order valence-electron chi connectivity index (χ4n) is 2.10. The number of alkyl halides is 1. The van der Waals surface area contributed by atoms with Crippen LogP contribution < -0.4 is 0 Å². The fourth-order valence-corrected chi connectivity index (χ4v) is 2.63. The summed E-state index contributed by atoms with van der Waals surface area (Å²) in [5.41, 5.74) is 0.486. The minimum Gasteiger partial charge on any atom is -0.342 e. The maximum atomic E-state index is 13.4. The summed E-state index contributed by atoms with van der Waals surface area (Å²) in [5, 5.41) is 0.927. The van der Waals surface area contributed by atoms with E-state index in [-0.39, 0.29) is 18.1 Å². The predicted octanol–water partition coefficient (Wildman–Crippen LogP) is 2.61. The van der Waals surface area contributed by atoms with Crippen molar-refractivity contribution in [3.63, 3.8) is 0 Å². The number of rotatable bonds is 3. The van der Waals surface area contributed by atoms with Gasteiger partial charge in [-0.15, -0.1) is 0 Å². The zero-order valence-electron chi connectivity index (χ0n) is 9.53. The molecule has 1 aromatic rings. The van der Waals surface area contributed by atoms with Crippen molar-refractivity contribution in [3.8, 4) is 0 Å². The van der Waals surface area contributed by atoms with Crippen LogP contribution in [0.25, 0.3) is 0 Å². The molecule has 1 unspecified atom stereocenters. The third-order valence-electron chi connectivity index (χ3n) is 3.16. The Labute approximate surface area is 109 Å². The molecule has 0 bridgehead atoms. The highest BCUT2D eigenvalue weighted by Gasteiger charge is 2.25. The van der Waals surface area contributed by atoms with Crippen LogP contribution in [0, 0.1) is 11.7 Å². The second-order valence-corrected chi connectivity index (χ2v) is 5.06. The lowest BCUT2D eigenvalue weighted by molar-refractivity contribution is -0.129. The third-order valence-corrected chi connectivity index (χ3v) is 4.07. The summed E-state index contributed by atoms with van der Waals surface area (Å²) in [4.78, 5) is 13.8. The molecule has 0 aliphatic carbocycles. The average Bonchev–Trinajstić information content (AvgIpc) is 2.81. The summed E-state index contributed by atoms with van der Waals surface area (Å²) in [7, 11) is 0. The highest BCUT2D eigenvalue weighted by molar-refractivity contribution is 9.09. The van der Waals surface area contributed by atoms with E-state index in [1.165, 1.54) is 6.07 Å². The first kappa shape index (κ1) is 12.6. The van der Waals surface area contributed by atoms with Gasteiger partial charge in [0.1, 0.15) is 5.82 Å². The molecule has 1 heterocycles. The van der Waals surface area contributed by atoms with Crippen LogP contribution in [-0.4, -0.2) is 29.2 Å². The second kappa shape index (κ2) is 5.63. The molecular formula is C13H15BrFNO. The van der Waals surface area contributed by atoms with Crippen molar-refractivity contribution < 1.29 is 9.18 Å². The minimum absolute atomic E-state index is 0.0264. The van der Waals surface area contributed by atoms with Crippen molar-refractivity contribution in [1.82, 2.24) is 4.90 Å². The first-order valence-electron chi connectivity index (χ1n) is 5.78. The van der Waals surface area contributed by atoms with Crippen LogP contribution in [0.15, 0.2) is 24.3 Å². The maximum Gasteiger partial charge on any atom is 0.227 e. The molecule has 17 heavy (non-hydrogen) atoms. The summed E-state index contributed by atoms with van der Waals surface area (Å²) in [6.07, 6.45) is 1.20. The molecule has 92 valence electrons. The Balaban J connectivity index is 1.96. The molecule has 1 aliphatic rings. The van der Waals surface area contributed by atoms with Gasteiger partial charge in [-0.25, -0.2) is 4.39 Å². The van der Waals surface area contributed by atoms with Crippen molar-refractivity contribution in [3.05, 3.63) is 35.6 Å². The first-order valence-corrected chi connectivity index (χ1v) is 6.90. The number of benzene rings is 1. The molecule has 2 rings (SSSR count). The molecule has 0 aromatic heterocycles. The number of likely N-dealkylation sites (tertiary alicyclic amines) is 1. The number of halogens is 2. The average molecular weight is 300 g/mol. The van der Waals surface area contributed by atoms with Gasteiger partial charge in [-0.3, -0.25) is 4.79 Å². The van der Waals surface area contributed by atoms with Gasteiger partial charge in [0, 0.05) is 18.4 Å². The molecule has 0 radical (unpaired) electrons. The van der Waals surface area contributed by atoms with Gasteiger partial charge in [0.25, 0.3) is 0 Å². The molecule has 1 fully saturated rings. The molecular weight excluding hydrogens is 285 g/mol. The van der Waals surface area contributed by atoms with Crippen LogP contribution in [0.5, 0.6) is 0 Å². The summed E-state index contributed by atoms with van der Waals surface area (Å²) in [5.74, 6) is 0.273. The quantitative estimate of drug-likeness (QED) is 0.786. The van der Waals surface area contributed by atoms with E-state index in [0.717, 1.165) is 24.8 Å². The van der Waals surface area contributed by atoms with E-state index in [9.17, 15) is 9.18 Å². The Morgan fingerprint density at radius 3 is 2.88 bits per heavy atom. The molecule has 1 aliphatic heterocycles. The highest BCUT2D eigenvalue weighted by atomic mass is 79.9. The summed E-state index contributed by atoms with van der Waals surface area (Å²) < 4.78 is 13.4. The number of hydrogen-bond donors (Lipinski definition) is 0. The summed E-state index contributed by atoms with van der Waals surface area (Å²) in [6, 6.07) is 6.47. The Kier molecular flexibility index (Phi) is 4.15. The molecule has 1 aromatic carbocycles. The van der Waals surface area contributed by atoms with Gasteiger partial charge in [-0.1, -0.05) is 34.1 Å². The van der Waals surface area contributed by atoms with Gasteiger partial charge >= 0.3 is 0 Å². The topological polar surface area (TPSA) is 20.3 Å². The Morgan fingerprint density at radius 2 is 2.24 bits per heavy atom.